The summed E-state index contributed by atoms with van der Waals surface area (Å²) in [5.41, 5.74) is 1.30. The lowest BCUT2D eigenvalue weighted by Gasteiger charge is -2.28. The fraction of sp³-hybridized carbons (Fsp3) is 0.500. The van der Waals surface area contributed by atoms with Crippen molar-refractivity contribution < 1.29 is 14.3 Å². The Morgan fingerprint density at radius 1 is 1.39 bits per heavy atom. The highest BCUT2D eigenvalue weighted by Gasteiger charge is 2.24. The molecular weight excluding hydrogens is 296 g/mol. The van der Waals surface area contributed by atoms with Crippen LogP contribution in [-0.2, 0) is 14.3 Å². The molecule has 18 heavy (non-hydrogen) atoms. The Hall–Kier alpha value is -0.870. The molecule has 0 aromatic heterocycles. The molecule has 0 N–H and O–H groups in total. The van der Waals surface area contributed by atoms with Gasteiger partial charge in [-0.15, -0.1) is 0 Å². The first kappa shape index (κ1) is 13.6. The molecule has 1 aromatic rings. The smallest absolute Gasteiger partial charge is 0.308 e. The number of carbonyl (C=O) groups excluding carboxylic acids is 1. The minimum Gasteiger partial charge on any atom is -0.469 e. The minimum absolute atomic E-state index is 0.0177. The van der Waals surface area contributed by atoms with Gasteiger partial charge < -0.3 is 9.47 Å². The van der Waals surface area contributed by atoms with Crippen molar-refractivity contribution in [2.75, 3.05) is 13.7 Å². The van der Waals surface area contributed by atoms with E-state index in [9.17, 15) is 4.79 Å². The molecule has 0 aliphatic carbocycles. The van der Waals surface area contributed by atoms with Gasteiger partial charge in [-0.25, -0.2) is 0 Å². The fourth-order valence-electron chi connectivity index (χ4n) is 2.23. The van der Waals surface area contributed by atoms with Gasteiger partial charge in [0.05, 0.1) is 26.2 Å². The van der Waals surface area contributed by atoms with Crippen molar-refractivity contribution in [1.29, 1.82) is 0 Å². The van der Waals surface area contributed by atoms with E-state index in [1.807, 2.05) is 0 Å². The summed E-state index contributed by atoms with van der Waals surface area (Å²) >= 11 is 3.43. The van der Waals surface area contributed by atoms with Crippen molar-refractivity contribution >= 4 is 21.9 Å². The third-order valence-corrected chi connectivity index (χ3v) is 3.86. The summed E-state index contributed by atoms with van der Waals surface area (Å²) in [7, 11) is 1.41. The molecule has 0 spiro atoms. The summed E-state index contributed by atoms with van der Waals surface area (Å²) in [5, 5.41) is 0. The van der Waals surface area contributed by atoms with Gasteiger partial charge in [0.2, 0.25) is 0 Å². The molecule has 0 saturated carbocycles. The Bertz CT molecular complexity index is 394. The molecule has 1 aliphatic heterocycles. The van der Waals surface area contributed by atoms with Crippen LogP contribution in [0.25, 0.3) is 0 Å². The van der Waals surface area contributed by atoms with E-state index in [-0.39, 0.29) is 12.1 Å². The van der Waals surface area contributed by atoms with Crippen LogP contribution in [0.5, 0.6) is 0 Å². The molecule has 2 unspecified atom stereocenters. The highest BCUT2D eigenvalue weighted by atomic mass is 79.9. The van der Waals surface area contributed by atoms with Crippen LogP contribution in [0, 0.1) is 0 Å². The number of benzene rings is 1. The van der Waals surface area contributed by atoms with E-state index in [1.165, 1.54) is 12.7 Å². The Labute approximate surface area is 116 Å². The lowest BCUT2D eigenvalue weighted by atomic mass is 9.91. The van der Waals surface area contributed by atoms with Gasteiger partial charge in [0, 0.05) is 10.4 Å². The van der Waals surface area contributed by atoms with E-state index in [1.54, 1.807) is 0 Å². The molecule has 4 heteroatoms. The van der Waals surface area contributed by atoms with Crippen molar-refractivity contribution in [3.8, 4) is 0 Å². The number of carbonyl (C=O) groups is 1. The Morgan fingerprint density at radius 2 is 2.11 bits per heavy atom. The molecule has 1 aliphatic rings. The minimum atomic E-state index is -0.193. The Kier molecular flexibility index (Phi) is 4.78. The Balaban J connectivity index is 1.86. The van der Waals surface area contributed by atoms with Gasteiger partial charge in [0.15, 0.2) is 0 Å². The molecule has 0 bridgehead atoms. The molecule has 1 fully saturated rings. The zero-order valence-electron chi connectivity index (χ0n) is 10.4. The molecule has 98 valence electrons. The normalized spacial score (nSPS) is 23.7. The molecule has 0 radical (unpaired) electrons. The predicted molar refractivity (Wildman–Crippen MR) is 72.5 cm³/mol. The fourth-order valence-corrected chi connectivity index (χ4v) is 2.50. The second kappa shape index (κ2) is 6.34. The van der Waals surface area contributed by atoms with E-state index in [2.05, 4.69) is 44.9 Å². The van der Waals surface area contributed by atoms with Crippen LogP contribution in [0.15, 0.2) is 28.7 Å². The van der Waals surface area contributed by atoms with Gasteiger partial charge in [-0.1, -0.05) is 28.1 Å². The third kappa shape index (κ3) is 3.56. The van der Waals surface area contributed by atoms with Crippen LogP contribution < -0.4 is 0 Å². The highest BCUT2D eigenvalue weighted by Crippen LogP contribution is 2.30. The maximum Gasteiger partial charge on any atom is 0.308 e. The van der Waals surface area contributed by atoms with Crippen molar-refractivity contribution in [3.63, 3.8) is 0 Å². The quantitative estimate of drug-likeness (QED) is 0.804. The monoisotopic (exact) mass is 312 g/mol. The maximum atomic E-state index is 11.2. The summed E-state index contributed by atoms with van der Waals surface area (Å²) in [6, 6.07) is 8.35. The van der Waals surface area contributed by atoms with E-state index >= 15 is 0 Å². The number of ether oxygens (including phenoxy) is 2. The molecule has 3 nitrogen and oxygen atoms in total. The average Bonchev–Trinajstić information content (AvgIpc) is 2.40. The standard InChI is InChI=1S/C14H17BrO3/c1-17-14(16)8-13-7-4-11(9-18-13)10-2-5-12(15)6-3-10/h2-3,5-6,11,13H,4,7-9H2,1H3. The third-order valence-electron chi connectivity index (χ3n) is 3.33. The summed E-state index contributed by atoms with van der Waals surface area (Å²) in [4.78, 5) is 11.2. The molecule has 2 atom stereocenters. The lowest BCUT2D eigenvalue weighted by Crippen LogP contribution is -2.27. The number of rotatable bonds is 3. The van der Waals surface area contributed by atoms with Crippen LogP contribution in [0.2, 0.25) is 0 Å². The topological polar surface area (TPSA) is 35.5 Å². The van der Waals surface area contributed by atoms with Gasteiger partial charge in [-0.05, 0) is 30.5 Å². The summed E-state index contributed by atoms with van der Waals surface area (Å²) < 4.78 is 11.5. The average molecular weight is 313 g/mol. The van der Waals surface area contributed by atoms with Gasteiger partial charge in [-0.2, -0.15) is 0 Å². The highest BCUT2D eigenvalue weighted by molar-refractivity contribution is 9.10. The first-order valence-electron chi connectivity index (χ1n) is 6.13. The molecule has 1 heterocycles. The van der Waals surface area contributed by atoms with E-state index < -0.39 is 0 Å². The van der Waals surface area contributed by atoms with Crippen molar-refractivity contribution in [3.05, 3.63) is 34.3 Å². The summed E-state index contributed by atoms with van der Waals surface area (Å²) in [5.74, 6) is 0.245. The van der Waals surface area contributed by atoms with Crippen molar-refractivity contribution in [2.45, 2.75) is 31.3 Å². The summed E-state index contributed by atoms with van der Waals surface area (Å²) in [6.45, 7) is 0.684. The van der Waals surface area contributed by atoms with Crippen molar-refractivity contribution in [1.82, 2.24) is 0 Å². The molecular formula is C14H17BrO3. The first-order valence-corrected chi connectivity index (χ1v) is 6.92. The lowest BCUT2D eigenvalue weighted by molar-refractivity contribution is -0.144. The number of halogens is 1. The molecule has 0 amide bonds. The van der Waals surface area contributed by atoms with Gasteiger partial charge in [0.1, 0.15) is 0 Å². The van der Waals surface area contributed by atoms with Gasteiger partial charge >= 0.3 is 5.97 Å². The van der Waals surface area contributed by atoms with Crippen LogP contribution in [0.4, 0.5) is 0 Å². The van der Waals surface area contributed by atoms with Crippen LogP contribution >= 0.6 is 15.9 Å². The number of methoxy groups -OCH3 is 1. The zero-order valence-corrected chi connectivity index (χ0v) is 12.0. The first-order chi connectivity index (χ1) is 8.69. The predicted octanol–water partition coefficient (Wildman–Crippen LogP) is 3.27. The van der Waals surface area contributed by atoms with Crippen LogP contribution in [0.3, 0.4) is 0 Å². The van der Waals surface area contributed by atoms with Crippen molar-refractivity contribution in [2.24, 2.45) is 0 Å². The molecule has 2 rings (SSSR count). The second-order valence-corrected chi connectivity index (χ2v) is 5.48. The van der Waals surface area contributed by atoms with Crippen LogP contribution in [-0.4, -0.2) is 25.8 Å². The van der Waals surface area contributed by atoms with Gasteiger partial charge in [-0.3, -0.25) is 4.79 Å². The molecule has 1 aromatic carbocycles. The van der Waals surface area contributed by atoms with E-state index in [0.717, 1.165) is 17.3 Å². The van der Waals surface area contributed by atoms with Crippen LogP contribution in [0.1, 0.15) is 30.7 Å². The maximum absolute atomic E-state index is 11.2. The molecule has 1 saturated heterocycles. The SMILES string of the molecule is COC(=O)CC1CCC(c2ccc(Br)cc2)CO1. The number of hydrogen-bond donors (Lipinski definition) is 0. The largest absolute Gasteiger partial charge is 0.469 e. The number of hydrogen-bond acceptors (Lipinski definition) is 3. The number of esters is 1. The van der Waals surface area contributed by atoms with E-state index in [0.29, 0.717) is 18.9 Å². The van der Waals surface area contributed by atoms with E-state index in [4.69, 9.17) is 4.74 Å². The Morgan fingerprint density at radius 3 is 2.67 bits per heavy atom. The summed E-state index contributed by atoms with van der Waals surface area (Å²) in [6.07, 6.45) is 2.35. The van der Waals surface area contributed by atoms with Gasteiger partial charge in [0.25, 0.3) is 0 Å². The zero-order chi connectivity index (χ0) is 13.0. The second-order valence-electron chi connectivity index (χ2n) is 4.56.